The van der Waals surface area contributed by atoms with E-state index in [0.717, 1.165) is 17.7 Å². The highest BCUT2D eigenvalue weighted by Gasteiger charge is 2.30. The lowest BCUT2D eigenvalue weighted by Crippen LogP contribution is -2.35. The van der Waals surface area contributed by atoms with Crippen LogP contribution in [0, 0.1) is 0 Å². The molecule has 2 rings (SSSR count). The molecule has 0 fully saturated rings. The average molecular weight is 461 g/mol. The van der Waals surface area contributed by atoms with Crippen molar-refractivity contribution in [2.75, 3.05) is 18.5 Å². The third-order valence-corrected chi connectivity index (χ3v) is 3.96. The molecule has 0 aliphatic carbocycles. The second kappa shape index (κ2) is 11.2. The Bertz CT molecular complexity index is 868. The number of alkyl halides is 3. The topological polar surface area (TPSA) is 59.6 Å². The predicted octanol–water partition coefficient (Wildman–Crippen LogP) is 5.43. The summed E-state index contributed by atoms with van der Waals surface area (Å²) in [5.41, 5.74) is 0.170. The van der Waals surface area contributed by atoms with Crippen LogP contribution in [0.15, 0.2) is 42.5 Å². The molecular formula is C22H28ClF3N2O3. The Morgan fingerprint density at radius 3 is 2.32 bits per heavy atom. The smallest absolute Gasteiger partial charge is 0.416 e. The summed E-state index contributed by atoms with van der Waals surface area (Å²) in [4.78, 5) is 12.1. The van der Waals surface area contributed by atoms with Gasteiger partial charge < -0.3 is 20.1 Å². The van der Waals surface area contributed by atoms with Crippen LogP contribution in [0.2, 0.25) is 0 Å². The zero-order valence-electron chi connectivity index (χ0n) is 17.9. The first-order valence-electron chi connectivity index (χ1n) is 9.58. The van der Waals surface area contributed by atoms with Gasteiger partial charge in [-0.1, -0.05) is 12.1 Å². The van der Waals surface area contributed by atoms with Gasteiger partial charge in [0.1, 0.15) is 0 Å². The Labute approximate surface area is 186 Å². The summed E-state index contributed by atoms with van der Waals surface area (Å²) in [6.45, 7) is 8.73. The zero-order valence-corrected chi connectivity index (χ0v) is 18.7. The van der Waals surface area contributed by atoms with E-state index in [1.807, 2.05) is 19.1 Å². The van der Waals surface area contributed by atoms with Gasteiger partial charge in [0.2, 0.25) is 0 Å². The minimum Gasteiger partial charge on any atom is -0.490 e. The fraction of sp³-hybridized carbons (Fsp3) is 0.409. The van der Waals surface area contributed by atoms with Crippen LogP contribution in [0.3, 0.4) is 0 Å². The molecule has 0 aromatic heterocycles. The van der Waals surface area contributed by atoms with E-state index < -0.39 is 17.6 Å². The second-order valence-electron chi connectivity index (χ2n) is 7.73. The molecule has 0 saturated carbocycles. The van der Waals surface area contributed by atoms with E-state index in [-0.39, 0.29) is 30.2 Å². The van der Waals surface area contributed by atoms with Gasteiger partial charge in [0, 0.05) is 17.8 Å². The van der Waals surface area contributed by atoms with Gasteiger partial charge in [0.15, 0.2) is 18.1 Å². The number of rotatable bonds is 8. The van der Waals surface area contributed by atoms with Gasteiger partial charge >= 0.3 is 6.18 Å². The molecule has 5 nitrogen and oxygen atoms in total. The quantitative estimate of drug-likeness (QED) is 0.551. The number of ether oxygens (including phenoxy) is 2. The molecule has 0 saturated heterocycles. The summed E-state index contributed by atoms with van der Waals surface area (Å²) >= 11 is 0. The summed E-state index contributed by atoms with van der Waals surface area (Å²) in [7, 11) is 0. The molecule has 0 heterocycles. The number of carbonyl (C=O) groups excluding carboxylic acids is 1. The van der Waals surface area contributed by atoms with Crippen LogP contribution in [0.25, 0.3) is 0 Å². The Balaban J connectivity index is 0.00000480. The number of nitrogens with one attached hydrogen (secondary N) is 2. The van der Waals surface area contributed by atoms with Crippen LogP contribution in [0.1, 0.15) is 38.8 Å². The Morgan fingerprint density at radius 1 is 1.00 bits per heavy atom. The fourth-order valence-electron chi connectivity index (χ4n) is 2.53. The molecule has 2 N–H and O–H groups in total. The predicted molar refractivity (Wildman–Crippen MR) is 117 cm³/mol. The van der Waals surface area contributed by atoms with E-state index in [1.54, 1.807) is 6.07 Å². The fourth-order valence-corrected chi connectivity index (χ4v) is 2.53. The van der Waals surface area contributed by atoms with Crippen LogP contribution >= 0.6 is 12.4 Å². The SMILES string of the molecule is CCOc1cc(CNC(C)(C)C)ccc1OCC(=O)Nc1cccc(C(F)(F)F)c1.Cl. The van der Waals surface area contributed by atoms with E-state index >= 15 is 0 Å². The summed E-state index contributed by atoms with van der Waals surface area (Å²) in [6, 6.07) is 9.84. The van der Waals surface area contributed by atoms with Crippen LogP contribution in [-0.4, -0.2) is 24.7 Å². The average Bonchev–Trinajstić information content (AvgIpc) is 2.65. The van der Waals surface area contributed by atoms with E-state index in [2.05, 4.69) is 31.4 Å². The normalized spacial score (nSPS) is 11.5. The molecule has 2 aromatic rings. The first-order chi connectivity index (χ1) is 14.0. The number of amides is 1. The maximum absolute atomic E-state index is 12.8. The summed E-state index contributed by atoms with van der Waals surface area (Å²) < 4.78 is 49.5. The minimum atomic E-state index is -4.48. The first-order valence-corrected chi connectivity index (χ1v) is 9.58. The summed E-state index contributed by atoms with van der Waals surface area (Å²) in [5, 5.41) is 5.79. The largest absolute Gasteiger partial charge is 0.490 e. The molecule has 0 unspecified atom stereocenters. The molecule has 31 heavy (non-hydrogen) atoms. The number of anilines is 1. The molecule has 0 spiro atoms. The van der Waals surface area contributed by atoms with Crippen molar-refractivity contribution in [1.82, 2.24) is 5.32 Å². The monoisotopic (exact) mass is 460 g/mol. The highest BCUT2D eigenvalue weighted by Crippen LogP contribution is 2.31. The van der Waals surface area contributed by atoms with Gasteiger partial charge in [0.05, 0.1) is 12.2 Å². The molecule has 0 aliphatic heterocycles. The maximum Gasteiger partial charge on any atom is 0.416 e. The van der Waals surface area contributed by atoms with Crippen molar-refractivity contribution in [3.05, 3.63) is 53.6 Å². The van der Waals surface area contributed by atoms with Crippen LogP contribution in [-0.2, 0) is 17.5 Å². The second-order valence-corrected chi connectivity index (χ2v) is 7.73. The van der Waals surface area contributed by atoms with E-state index in [9.17, 15) is 18.0 Å². The molecule has 2 aromatic carbocycles. The van der Waals surface area contributed by atoms with Crippen molar-refractivity contribution in [2.24, 2.45) is 0 Å². The first kappa shape index (κ1) is 26.6. The molecule has 0 radical (unpaired) electrons. The Hall–Kier alpha value is -2.45. The molecule has 172 valence electrons. The van der Waals surface area contributed by atoms with Gasteiger partial charge in [-0.2, -0.15) is 13.2 Å². The van der Waals surface area contributed by atoms with Crippen LogP contribution in [0.4, 0.5) is 18.9 Å². The van der Waals surface area contributed by atoms with Gasteiger partial charge in [-0.05, 0) is 63.6 Å². The zero-order chi connectivity index (χ0) is 22.4. The minimum absolute atomic E-state index is 0. The molecule has 0 bridgehead atoms. The highest BCUT2D eigenvalue weighted by molar-refractivity contribution is 5.92. The number of hydrogen-bond acceptors (Lipinski definition) is 4. The van der Waals surface area contributed by atoms with E-state index in [4.69, 9.17) is 9.47 Å². The number of halogens is 4. The number of hydrogen-bond donors (Lipinski definition) is 2. The van der Waals surface area contributed by atoms with Crippen LogP contribution in [0.5, 0.6) is 11.5 Å². The Kier molecular flexibility index (Phi) is 9.65. The lowest BCUT2D eigenvalue weighted by atomic mass is 10.1. The van der Waals surface area contributed by atoms with Crippen molar-refractivity contribution in [1.29, 1.82) is 0 Å². The van der Waals surface area contributed by atoms with Crippen molar-refractivity contribution < 1.29 is 27.4 Å². The number of benzene rings is 2. The molecular weight excluding hydrogens is 433 g/mol. The van der Waals surface area contributed by atoms with Gasteiger partial charge in [-0.25, -0.2) is 0 Å². The lowest BCUT2D eigenvalue weighted by Gasteiger charge is -2.21. The standard InChI is InChI=1S/C22H27F3N2O3.ClH/c1-5-29-19-11-15(13-26-21(2,3)4)9-10-18(19)30-14-20(28)27-17-8-6-7-16(12-17)22(23,24)25;/h6-12,26H,5,13-14H2,1-4H3,(H,27,28);1H. The summed E-state index contributed by atoms with van der Waals surface area (Å²) in [5.74, 6) is 0.309. The maximum atomic E-state index is 12.8. The van der Waals surface area contributed by atoms with Crippen LogP contribution < -0.4 is 20.1 Å². The molecule has 9 heteroatoms. The van der Waals surface area contributed by atoms with Crippen molar-refractivity contribution in [2.45, 2.75) is 46.0 Å². The third kappa shape index (κ3) is 9.06. The van der Waals surface area contributed by atoms with Gasteiger partial charge in [0.25, 0.3) is 5.91 Å². The van der Waals surface area contributed by atoms with Crippen molar-refractivity contribution >= 4 is 24.0 Å². The Morgan fingerprint density at radius 2 is 1.71 bits per heavy atom. The van der Waals surface area contributed by atoms with Crippen molar-refractivity contribution in [3.8, 4) is 11.5 Å². The van der Waals surface area contributed by atoms with Crippen molar-refractivity contribution in [3.63, 3.8) is 0 Å². The van der Waals surface area contributed by atoms with Gasteiger partial charge in [-0.15, -0.1) is 12.4 Å². The molecule has 0 atom stereocenters. The van der Waals surface area contributed by atoms with Gasteiger partial charge in [-0.3, -0.25) is 4.79 Å². The molecule has 0 aliphatic rings. The third-order valence-electron chi connectivity index (χ3n) is 3.96. The highest BCUT2D eigenvalue weighted by atomic mass is 35.5. The van der Waals surface area contributed by atoms with E-state index in [0.29, 0.717) is 24.7 Å². The molecule has 1 amide bonds. The lowest BCUT2D eigenvalue weighted by molar-refractivity contribution is -0.137. The summed E-state index contributed by atoms with van der Waals surface area (Å²) in [6.07, 6.45) is -4.48. The van der Waals surface area contributed by atoms with E-state index in [1.165, 1.54) is 12.1 Å². The number of carbonyl (C=O) groups is 1.